The van der Waals surface area contributed by atoms with Crippen molar-refractivity contribution in [3.8, 4) is 16.9 Å². The van der Waals surface area contributed by atoms with Crippen molar-refractivity contribution >= 4 is 17.6 Å². The number of fused-ring (bicyclic) bond motifs is 1. The van der Waals surface area contributed by atoms with Crippen LogP contribution in [-0.4, -0.2) is 25.9 Å². The molecule has 3 heterocycles. The number of anilines is 1. The number of nitrogens with two attached hydrogens (primary N) is 1. The lowest BCUT2D eigenvalue weighted by Crippen LogP contribution is -2.24. The maximum atomic E-state index is 12.4. The SMILES string of the molecule is Cn1cncc1-c1ccc(-n2c(N)c3c(cc2=O)C(=O)NC3=O)cc1. The van der Waals surface area contributed by atoms with E-state index in [9.17, 15) is 14.4 Å². The van der Waals surface area contributed by atoms with E-state index >= 15 is 0 Å². The Balaban J connectivity index is 1.85. The molecule has 0 saturated carbocycles. The highest BCUT2D eigenvalue weighted by atomic mass is 16.2. The van der Waals surface area contributed by atoms with Crippen molar-refractivity contribution in [1.29, 1.82) is 0 Å². The van der Waals surface area contributed by atoms with Gasteiger partial charge in [-0.2, -0.15) is 0 Å². The summed E-state index contributed by atoms with van der Waals surface area (Å²) in [7, 11) is 1.88. The molecule has 0 saturated heterocycles. The van der Waals surface area contributed by atoms with Crippen LogP contribution >= 0.6 is 0 Å². The summed E-state index contributed by atoms with van der Waals surface area (Å²) in [5, 5.41) is 2.14. The summed E-state index contributed by atoms with van der Waals surface area (Å²) in [5.74, 6) is -1.26. The van der Waals surface area contributed by atoms with Crippen LogP contribution < -0.4 is 16.6 Å². The number of pyridine rings is 1. The quantitative estimate of drug-likeness (QED) is 0.670. The lowest BCUT2D eigenvalue weighted by Gasteiger charge is -2.12. The van der Waals surface area contributed by atoms with Crippen LogP contribution in [0, 0.1) is 0 Å². The van der Waals surface area contributed by atoms with E-state index in [4.69, 9.17) is 5.73 Å². The van der Waals surface area contributed by atoms with E-state index < -0.39 is 17.4 Å². The number of amides is 2. The van der Waals surface area contributed by atoms with Gasteiger partial charge in [-0.15, -0.1) is 0 Å². The minimum atomic E-state index is -0.609. The van der Waals surface area contributed by atoms with Gasteiger partial charge in [0.25, 0.3) is 17.4 Å². The first kappa shape index (κ1) is 14.9. The Kier molecular flexibility index (Phi) is 3.08. The molecule has 0 bridgehead atoms. The van der Waals surface area contributed by atoms with E-state index in [0.29, 0.717) is 5.69 Å². The summed E-state index contributed by atoms with van der Waals surface area (Å²) in [6.07, 6.45) is 3.43. The second-order valence-corrected chi connectivity index (χ2v) is 5.71. The van der Waals surface area contributed by atoms with Crippen LogP contribution in [0.5, 0.6) is 0 Å². The highest BCUT2D eigenvalue weighted by Gasteiger charge is 2.31. The number of imide groups is 1. The third-order valence-electron chi connectivity index (χ3n) is 4.19. The molecule has 3 N–H and O–H groups in total. The number of hydrogen-bond donors (Lipinski definition) is 2. The summed E-state index contributed by atoms with van der Waals surface area (Å²) < 4.78 is 3.09. The van der Waals surface area contributed by atoms with Crippen molar-refractivity contribution in [1.82, 2.24) is 19.4 Å². The fourth-order valence-corrected chi connectivity index (χ4v) is 2.96. The van der Waals surface area contributed by atoms with Crippen molar-refractivity contribution in [3.63, 3.8) is 0 Å². The summed E-state index contributed by atoms with van der Waals surface area (Å²) in [4.78, 5) is 40.1. The van der Waals surface area contributed by atoms with Gasteiger partial charge in [0.2, 0.25) is 0 Å². The summed E-state index contributed by atoms with van der Waals surface area (Å²) in [6.45, 7) is 0. The Hall–Kier alpha value is -3.68. The van der Waals surface area contributed by atoms with Crippen molar-refractivity contribution in [3.05, 3.63) is 64.3 Å². The third-order valence-corrected chi connectivity index (χ3v) is 4.19. The fraction of sp³-hybridized carbons (Fsp3) is 0.0588. The molecular formula is C17H13N5O3. The Bertz CT molecular complexity index is 1090. The molecule has 4 rings (SSSR count). The number of benzene rings is 1. The van der Waals surface area contributed by atoms with E-state index in [-0.39, 0.29) is 16.9 Å². The molecule has 1 aliphatic rings. The van der Waals surface area contributed by atoms with Gasteiger partial charge in [-0.05, 0) is 17.7 Å². The average Bonchev–Trinajstić information content (AvgIpc) is 3.12. The van der Waals surface area contributed by atoms with Crippen LogP contribution in [0.4, 0.5) is 5.82 Å². The molecule has 8 heteroatoms. The molecule has 3 aromatic rings. The Labute approximate surface area is 141 Å². The number of rotatable bonds is 2. The van der Waals surface area contributed by atoms with E-state index in [2.05, 4.69) is 10.3 Å². The fourth-order valence-electron chi connectivity index (χ4n) is 2.96. The number of carbonyl (C=O) groups excluding carboxylic acids is 2. The van der Waals surface area contributed by atoms with Crippen LogP contribution in [0.15, 0.2) is 47.7 Å². The van der Waals surface area contributed by atoms with Crippen molar-refractivity contribution < 1.29 is 9.59 Å². The number of aryl methyl sites for hydroxylation is 1. The smallest absolute Gasteiger partial charge is 0.262 e. The van der Waals surface area contributed by atoms with Gasteiger partial charge in [0.05, 0.1) is 35.0 Å². The number of nitrogens with zero attached hydrogens (tertiary/aromatic N) is 3. The summed E-state index contributed by atoms with van der Waals surface area (Å²) in [6, 6.07) is 8.23. The van der Waals surface area contributed by atoms with Gasteiger partial charge in [0, 0.05) is 13.1 Å². The zero-order valence-electron chi connectivity index (χ0n) is 13.2. The van der Waals surface area contributed by atoms with Gasteiger partial charge in [0.1, 0.15) is 5.82 Å². The van der Waals surface area contributed by atoms with Crippen LogP contribution in [0.2, 0.25) is 0 Å². The van der Waals surface area contributed by atoms with Gasteiger partial charge in [-0.25, -0.2) is 4.98 Å². The zero-order chi connectivity index (χ0) is 17.7. The van der Waals surface area contributed by atoms with Crippen LogP contribution in [0.1, 0.15) is 20.7 Å². The largest absolute Gasteiger partial charge is 0.384 e. The molecule has 0 atom stereocenters. The molecule has 0 radical (unpaired) electrons. The van der Waals surface area contributed by atoms with Crippen LogP contribution in [0.3, 0.4) is 0 Å². The van der Waals surface area contributed by atoms with Crippen molar-refractivity contribution in [2.75, 3.05) is 5.73 Å². The highest BCUT2D eigenvalue weighted by Crippen LogP contribution is 2.24. The van der Waals surface area contributed by atoms with Gasteiger partial charge in [-0.1, -0.05) is 12.1 Å². The van der Waals surface area contributed by atoms with Crippen molar-refractivity contribution in [2.24, 2.45) is 7.05 Å². The summed E-state index contributed by atoms with van der Waals surface area (Å²) >= 11 is 0. The average molecular weight is 335 g/mol. The molecule has 0 unspecified atom stereocenters. The normalized spacial score (nSPS) is 13.0. The molecule has 0 aliphatic carbocycles. The number of hydrogen-bond acceptors (Lipinski definition) is 5. The predicted octanol–water partition coefficient (Wildman–Crippen LogP) is 0.704. The van der Waals surface area contributed by atoms with Crippen LogP contribution in [0.25, 0.3) is 16.9 Å². The highest BCUT2D eigenvalue weighted by molar-refractivity contribution is 6.23. The first-order valence-electron chi connectivity index (χ1n) is 7.45. The molecule has 124 valence electrons. The minimum absolute atomic E-state index is 0.00950. The van der Waals surface area contributed by atoms with Crippen molar-refractivity contribution in [2.45, 2.75) is 0 Å². The van der Waals surface area contributed by atoms with E-state index in [1.807, 2.05) is 23.7 Å². The molecule has 1 aliphatic heterocycles. The molecule has 0 spiro atoms. The maximum absolute atomic E-state index is 12.4. The van der Waals surface area contributed by atoms with E-state index in [1.54, 1.807) is 24.7 Å². The Morgan fingerprint density at radius 2 is 1.80 bits per heavy atom. The molecule has 0 fully saturated rings. The van der Waals surface area contributed by atoms with E-state index in [0.717, 1.165) is 17.3 Å². The zero-order valence-corrected chi connectivity index (χ0v) is 13.2. The van der Waals surface area contributed by atoms with Gasteiger partial charge in [0.15, 0.2) is 0 Å². The molecular weight excluding hydrogens is 322 g/mol. The number of carbonyl (C=O) groups is 2. The van der Waals surface area contributed by atoms with Crippen LogP contribution in [-0.2, 0) is 7.05 Å². The Morgan fingerprint density at radius 1 is 1.08 bits per heavy atom. The van der Waals surface area contributed by atoms with E-state index in [1.165, 1.54) is 4.57 Å². The third kappa shape index (κ3) is 2.15. The standard InChI is InChI=1S/C17H13N5O3/c1-21-8-19-7-12(21)9-2-4-10(5-3-9)22-13(23)6-11-14(15(22)18)17(25)20-16(11)24/h2-8H,18H2,1H3,(H,20,24,25). The molecule has 2 amide bonds. The number of aromatic nitrogens is 3. The molecule has 2 aromatic heterocycles. The maximum Gasteiger partial charge on any atom is 0.262 e. The first-order chi connectivity index (χ1) is 12.0. The predicted molar refractivity (Wildman–Crippen MR) is 90.5 cm³/mol. The lowest BCUT2D eigenvalue weighted by molar-refractivity contribution is 0.0880. The van der Waals surface area contributed by atoms with Gasteiger partial charge in [-0.3, -0.25) is 24.3 Å². The number of imidazole rings is 1. The molecule has 8 nitrogen and oxygen atoms in total. The first-order valence-corrected chi connectivity index (χ1v) is 7.45. The number of nitrogen functional groups attached to an aromatic ring is 1. The molecule has 25 heavy (non-hydrogen) atoms. The summed E-state index contributed by atoms with van der Waals surface area (Å²) in [5.41, 5.74) is 7.92. The second kappa shape index (κ2) is 5.17. The van der Waals surface area contributed by atoms with Gasteiger partial charge >= 0.3 is 0 Å². The minimum Gasteiger partial charge on any atom is -0.384 e. The second-order valence-electron chi connectivity index (χ2n) is 5.71. The topological polar surface area (TPSA) is 112 Å². The van der Waals surface area contributed by atoms with Gasteiger partial charge < -0.3 is 10.3 Å². The monoisotopic (exact) mass is 335 g/mol. The number of nitrogens with one attached hydrogen (secondary N) is 1. The lowest BCUT2D eigenvalue weighted by atomic mass is 10.1. The Morgan fingerprint density at radius 3 is 2.44 bits per heavy atom. The molecule has 1 aromatic carbocycles.